The molecule has 0 atom stereocenters. The first-order valence-corrected chi connectivity index (χ1v) is 9.78. The minimum absolute atomic E-state index is 0.611. The van der Waals surface area contributed by atoms with E-state index in [1.165, 1.54) is 103 Å². The molecule has 0 amide bonds. The van der Waals surface area contributed by atoms with Crippen LogP contribution in [0.15, 0.2) is 0 Å². The van der Waals surface area contributed by atoms with Gasteiger partial charge in [0.15, 0.2) is 0 Å². The number of hydrogen-bond donors (Lipinski definition) is 0. The Morgan fingerprint density at radius 2 is 0.550 bits per heavy atom. The van der Waals surface area contributed by atoms with Gasteiger partial charge in [-0.25, -0.2) is 0 Å². The fourth-order valence-electron chi connectivity index (χ4n) is 2.62. The zero-order valence-corrected chi connectivity index (χ0v) is 15.8. The van der Waals surface area contributed by atoms with Gasteiger partial charge in [0.25, 0.3) is 0 Å². The summed E-state index contributed by atoms with van der Waals surface area (Å²) in [6.07, 6.45) is 23.4. The van der Waals surface area contributed by atoms with E-state index in [4.69, 9.17) is 3.80 Å². The molecule has 0 N–H and O–H groups in total. The summed E-state index contributed by atoms with van der Waals surface area (Å²) in [4.78, 5) is 0. The van der Waals surface area contributed by atoms with E-state index in [0.29, 0.717) is 16.2 Å². The molecule has 0 aromatic rings. The first-order valence-electron chi connectivity index (χ1n) is 9.20. The zero-order chi connectivity index (χ0) is 15.3. The summed E-state index contributed by atoms with van der Waals surface area (Å²) < 4.78 is 8.28. The second-order valence-electron chi connectivity index (χ2n) is 5.95. The van der Waals surface area contributed by atoms with Gasteiger partial charge in [0, 0.05) is 0 Å². The second kappa shape index (κ2) is 24.4. The van der Waals surface area contributed by atoms with Gasteiger partial charge in [0.1, 0.15) is 0 Å². The average Bonchev–Trinajstić information content (AvgIpc) is 2.50. The molecule has 0 aromatic carbocycles. The summed E-state index contributed by atoms with van der Waals surface area (Å²) >= 11 is 0.611. The number of unbranched alkanes of at least 4 members (excludes halogenated alkanes) is 15. The summed E-state index contributed by atoms with van der Waals surface area (Å²) in [5.41, 5.74) is 0. The van der Waals surface area contributed by atoms with Crippen molar-refractivity contribution >= 4 is 16.2 Å². The van der Waals surface area contributed by atoms with Crippen LogP contribution in [0.25, 0.3) is 0 Å². The maximum atomic E-state index is 8.28. The van der Waals surface area contributed by atoms with Gasteiger partial charge in [-0.2, -0.15) is 0 Å². The molecule has 0 fully saturated rings. The number of hydrogen-bond acceptors (Lipinski definition) is 1. The normalized spacial score (nSPS) is 10.1. The van der Waals surface area contributed by atoms with Crippen LogP contribution in [0, 0.1) is 0 Å². The third-order valence-corrected chi connectivity index (χ3v) is 3.96. The third kappa shape index (κ3) is 23.4. The van der Waals surface area contributed by atoms with Crippen molar-refractivity contribution in [3.05, 3.63) is 0 Å². The van der Waals surface area contributed by atoms with Crippen molar-refractivity contribution in [2.75, 3.05) is 0 Å². The minimum atomic E-state index is 0.611. The van der Waals surface area contributed by atoms with Crippen molar-refractivity contribution in [3.63, 3.8) is 0 Å². The van der Waals surface area contributed by atoms with Crippen molar-refractivity contribution in [1.29, 1.82) is 0 Å². The quantitative estimate of drug-likeness (QED) is 0.249. The molecule has 0 rings (SSSR count). The summed E-state index contributed by atoms with van der Waals surface area (Å²) in [6, 6.07) is 0. The van der Waals surface area contributed by atoms with Crippen molar-refractivity contribution in [2.45, 2.75) is 117 Å². The van der Waals surface area contributed by atoms with E-state index in [1.54, 1.807) is 0 Å². The standard InChI is InChI=1S/C18H38.Al.O.H/c1-3-5-7-9-11-13-15-17-18-16-14-12-10-8-6-4-2;;;/h3-18H2,1-2H3;;;. The van der Waals surface area contributed by atoms with E-state index >= 15 is 0 Å². The van der Waals surface area contributed by atoms with Gasteiger partial charge in [-0.1, -0.05) is 117 Å². The molecule has 1 nitrogen and oxygen atoms in total. The molecule has 0 aliphatic heterocycles. The summed E-state index contributed by atoms with van der Waals surface area (Å²) in [5.74, 6) is 0. The van der Waals surface area contributed by atoms with E-state index in [9.17, 15) is 0 Å². The van der Waals surface area contributed by atoms with Crippen LogP contribution in [0.5, 0.6) is 0 Å². The Morgan fingerprint density at radius 1 is 0.400 bits per heavy atom. The van der Waals surface area contributed by atoms with Crippen molar-refractivity contribution in [2.24, 2.45) is 0 Å². The van der Waals surface area contributed by atoms with Crippen LogP contribution in [0.4, 0.5) is 0 Å². The number of rotatable bonds is 15. The SMILES string of the molecule is CCCCCCCCCCCCCCCCCC.[O]=[AlH]. The van der Waals surface area contributed by atoms with Gasteiger partial charge in [0.05, 0.1) is 0 Å². The Labute approximate surface area is 136 Å². The Kier molecular flexibility index (Phi) is 27.5. The predicted molar refractivity (Wildman–Crippen MR) is 93.1 cm³/mol. The van der Waals surface area contributed by atoms with E-state index in [0.717, 1.165) is 0 Å². The van der Waals surface area contributed by atoms with Crippen LogP contribution >= 0.6 is 0 Å². The Balaban J connectivity index is 0. The van der Waals surface area contributed by atoms with E-state index in [-0.39, 0.29) is 0 Å². The summed E-state index contributed by atoms with van der Waals surface area (Å²) in [7, 11) is 0. The topological polar surface area (TPSA) is 17.1 Å². The van der Waals surface area contributed by atoms with Gasteiger partial charge >= 0.3 is 20.0 Å². The summed E-state index contributed by atoms with van der Waals surface area (Å²) in [6.45, 7) is 4.59. The van der Waals surface area contributed by atoms with E-state index < -0.39 is 0 Å². The van der Waals surface area contributed by atoms with Gasteiger partial charge in [-0.15, -0.1) is 0 Å². The first kappa shape index (κ1) is 22.6. The van der Waals surface area contributed by atoms with E-state index in [2.05, 4.69) is 13.8 Å². The van der Waals surface area contributed by atoms with Crippen molar-refractivity contribution in [1.82, 2.24) is 0 Å². The van der Waals surface area contributed by atoms with Gasteiger partial charge in [0.2, 0.25) is 0 Å². The molecule has 0 bridgehead atoms. The van der Waals surface area contributed by atoms with Crippen LogP contribution in [0.1, 0.15) is 117 Å². The molecule has 120 valence electrons. The summed E-state index contributed by atoms with van der Waals surface area (Å²) in [5, 5.41) is 0. The molecule has 0 radical (unpaired) electrons. The molecule has 0 saturated carbocycles. The fraction of sp³-hybridized carbons (Fsp3) is 1.00. The van der Waals surface area contributed by atoms with Crippen LogP contribution < -0.4 is 0 Å². The average molecular weight is 298 g/mol. The van der Waals surface area contributed by atoms with Crippen LogP contribution in [0.3, 0.4) is 0 Å². The maximum absolute atomic E-state index is 8.28. The molecular weight excluding hydrogens is 259 g/mol. The van der Waals surface area contributed by atoms with E-state index in [1.807, 2.05) is 0 Å². The van der Waals surface area contributed by atoms with Crippen molar-refractivity contribution in [3.8, 4) is 0 Å². The third-order valence-electron chi connectivity index (χ3n) is 3.96. The Hall–Kier alpha value is 0.332. The Bertz CT molecular complexity index is 134. The molecule has 20 heavy (non-hydrogen) atoms. The van der Waals surface area contributed by atoms with Gasteiger partial charge in [-0.05, 0) is 0 Å². The van der Waals surface area contributed by atoms with Crippen LogP contribution in [0.2, 0.25) is 0 Å². The molecule has 0 aromatic heterocycles. The molecular formula is C18H39AlO. The van der Waals surface area contributed by atoms with Crippen LogP contribution in [-0.4, -0.2) is 16.2 Å². The first-order chi connectivity index (χ1) is 9.91. The fourth-order valence-corrected chi connectivity index (χ4v) is 2.62. The zero-order valence-electron chi connectivity index (χ0n) is 14.4. The molecule has 0 spiro atoms. The monoisotopic (exact) mass is 298 g/mol. The molecule has 0 heterocycles. The molecule has 0 unspecified atom stereocenters. The molecule has 0 saturated heterocycles. The van der Waals surface area contributed by atoms with Gasteiger partial charge < -0.3 is 0 Å². The second-order valence-corrected chi connectivity index (χ2v) is 5.95. The molecule has 0 aliphatic carbocycles. The van der Waals surface area contributed by atoms with Gasteiger partial charge in [-0.3, -0.25) is 0 Å². The molecule has 0 aliphatic rings. The molecule has 2 heteroatoms. The Morgan fingerprint density at radius 3 is 0.700 bits per heavy atom. The van der Waals surface area contributed by atoms with Crippen molar-refractivity contribution < 1.29 is 3.80 Å². The van der Waals surface area contributed by atoms with Crippen LogP contribution in [-0.2, 0) is 3.80 Å². The predicted octanol–water partition coefficient (Wildman–Crippen LogP) is 6.50.